The van der Waals surface area contributed by atoms with Crippen molar-refractivity contribution < 1.29 is 13.5 Å². The molecular formula is C13H19NO3S2. The average Bonchev–Trinajstić information content (AvgIpc) is 2.68. The van der Waals surface area contributed by atoms with Crippen molar-refractivity contribution in [1.29, 1.82) is 0 Å². The Morgan fingerprint density at radius 3 is 2.68 bits per heavy atom. The van der Waals surface area contributed by atoms with E-state index < -0.39 is 10.0 Å². The van der Waals surface area contributed by atoms with Gasteiger partial charge in [0, 0.05) is 22.4 Å². The summed E-state index contributed by atoms with van der Waals surface area (Å²) < 4.78 is 26.2. The van der Waals surface area contributed by atoms with Crippen LogP contribution in [0.3, 0.4) is 0 Å². The van der Waals surface area contributed by atoms with Crippen LogP contribution in [-0.4, -0.2) is 25.9 Å². The molecule has 0 atom stereocenters. The van der Waals surface area contributed by atoms with E-state index in [0.29, 0.717) is 0 Å². The van der Waals surface area contributed by atoms with Crippen LogP contribution in [0.25, 0.3) is 0 Å². The lowest BCUT2D eigenvalue weighted by Crippen LogP contribution is -2.31. The molecule has 1 aromatic rings. The molecule has 0 unspecified atom stereocenters. The van der Waals surface area contributed by atoms with Crippen molar-refractivity contribution in [2.24, 2.45) is 5.41 Å². The maximum atomic E-state index is 11.8. The first-order valence-corrected chi connectivity index (χ1v) is 8.39. The van der Waals surface area contributed by atoms with Crippen molar-refractivity contribution in [2.75, 3.05) is 12.4 Å². The first-order chi connectivity index (χ1) is 8.72. The minimum atomic E-state index is -3.26. The quantitative estimate of drug-likeness (QED) is 0.829. The molecule has 0 spiro atoms. The largest absolute Gasteiger partial charge is 0.384 e. The van der Waals surface area contributed by atoms with E-state index in [1.807, 2.05) is 32.2 Å². The van der Waals surface area contributed by atoms with E-state index in [1.165, 1.54) is 11.3 Å². The van der Waals surface area contributed by atoms with Crippen LogP contribution in [0.2, 0.25) is 0 Å². The first-order valence-electron chi connectivity index (χ1n) is 5.86. The van der Waals surface area contributed by atoms with Crippen LogP contribution in [-0.2, 0) is 16.6 Å². The summed E-state index contributed by atoms with van der Waals surface area (Å²) >= 11 is 1.45. The molecule has 0 bridgehead atoms. The van der Waals surface area contributed by atoms with Crippen molar-refractivity contribution >= 4 is 21.4 Å². The standard InChI is InChI=1S/C13H19NO3S2/c1-13(2,3)10-19(16,17)14-8-12-7-11(9-18-12)5-4-6-15/h7,9,14-15H,6,8,10H2,1-3H3. The molecule has 0 aliphatic rings. The molecular weight excluding hydrogens is 282 g/mol. The van der Waals surface area contributed by atoms with Crippen molar-refractivity contribution in [3.05, 3.63) is 21.9 Å². The number of rotatable bonds is 4. The molecule has 1 heterocycles. The fourth-order valence-electron chi connectivity index (χ4n) is 1.48. The van der Waals surface area contributed by atoms with Gasteiger partial charge in [0.05, 0.1) is 5.75 Å². The molecule has 1 aromatic heterocycles. The zero-order valence-electron chi connectivity index (χ0n) is 11.4. The van der Waals surface area contributed by atoms with Gasteiger partial charge >= 0.3 is 0 Å². The van der Waals surface area contributed by atoms with Crippen molar-refractivity contribution in [2.45, 2.75) is 27.3 Å². The van der Waals surface area contributed by atoms with Gasteiger partial charge < -0.3 is 5.11 Å². The van der Waals surface area contributed by atoms with Gasteiger partial charge in [0.25, 0.3) is 0 Å². The SMILES string of the molecule is CC(C)(C)CS(=O)(=O)NCc1cc(C#CCO)cs1. The van der Waals surface area contributed by atoms with Gasteiger partial charge in [-0.1, -0.05) is 32.6 Å². The highest BCUT2D eigenvalue weighted by Gasteiger charge is 2.21. The molecule has 4 nitrogen and oxygen atoms in total. The van der Waals surface area contributed by atoms with E-state index in [2.05, 4.69) is 16.6 Å². The van der Waals surface area contributed by atoms with Crippen LogP contribution < -0.4 is 4.72 Å². The zero-order chi connectivity index (χ0) is 14.5. The summed E-state index contributed by atoms with van der Waals surface area (Å²) in [7, 11) is -3.26. The third-order valence-electron chi connectivity index (χ3n) is 2.05. The summed E-state index contributed by atoms with van der Waals surface area (Å²) in [6, 6.07) is 1.83. The van der Waals surface area contributed by atoms with Gasteiger partial charge in [-0.05, 0) is 11.5 Å². The molecule has 106 valence electrons. The first kappa shape index (κ1) is 16.2. The number of aliphatic hydroxyl groups is 1. The normalized spacial score (nSPS) is 12.0. The van der Waals surface area contributed by atoms with Crippen LogP contribution >= 0.6 is 11.3 Å². The minimum absolute atomic E-state index is 0.0998. The summed E-state index contributed by atoms with van der Waals surface area (Å²) in [5.41, 5.74) is 0.531. The second-order valence-electron chi connectivity index (χ2n) is 5.40. The summed E-state index contributed by atoms with van der Waals surface area (Å²) in [5, 5.41) is 10.4. The smallest absolute Gasteiger partial charge is 0.212 e. The third kappa shape index (κ3) is 6.73. The lowest BCUT2D eigenvalue weighted by Gasteiger charge is -2.18. The Morgan fingerprint density at radius 2 is 2.11 bits per heavy atom. The summed E-state index contributed by atoms with van der Waals surface area (Å²) in [5.74, 6) is 5.44. The molecule has 0 saturated heterocycles. The topological polar surface area (TPSA) is 66.4 Å². The van der Waals surface area contributed by atoms with Crippen molar-refractivity contribution in [1.82, 2.24) is 4.72 Å². The molecule has 19 heavy (non-hydrogen) atoms. The van der Waals surface area contributed by atoms with E-state index in [4.69, 9.17) is 5.11 Å². The van der Waals surface area contributed by atoms with Crippen LogP contribution in [0.15, 0.2) is 11.4 Å². The molecule has 6 heteroatoms. The molecule has 0 saturated carbocycles. The molecule has 0 aliphatic carbocycles. The minimum Gasteiger partial charge on any atom is -0.384 e. The lowest BCUT2D eigenvalue weighted by molar-refractivity contribution is 0.350. The zero-order valence-corrected chi connectivity index (χ0v) is 13.0. The van der Waals surface area contributed by atoms with Crippen molar-refractivity contribution in [3.8, 4) is 11.8 Å². The third-order valence-corrected chi connectivity index (χ3v) is 4.82. The highest BCUT2D eigenvalue weighted by molar-refractivity contribution is 7.89. The van der Waals surface area contributed by atoms with Crippen LogP contribution in [0.5, 0.6) is 0 Å². The van der Waals surface area contributed by atoms with E-state index in [-0.39, 0.29) is 24.3 Å². The number of sulfonamides is 1. The van der Waals surface area contributed by atoms with Gasteiger partial charge in [-0.2, -0.15) is 0 Å². The second kappa shape index (κ2) is 6.53. The van der Waals surface area contributed by atoms with Crippen LogP contribution in [0, 0.1) is 17.3 Å². The lowest BCUT2D eigenvalue weighted by atomic mass is 10.0. The predicted octanol–water partition coefficient (Wildman–Crippen LogP) is 1.56. The molecule has 1 rings (SSSR count). The molecule has 2 N–H and O–H groups in total. The van der Waals surface area contributed by atoms with Gasteiger partial charge in [0.15, 0.2) is 0 Å². The number of thiophene rings is 1. The van der Waals surface area contributed by atoms with E-state index in [9.17, 15) is 8.42 Å². The van der Waals surface area contributed by atoms with Gasteiger partial charge in [-0.25, -0.2) is 13.1 Å². The molecule has 0 aliphatic heterocycles. The molecule has 0 aromatic carbocycles. The fourth-order valence-corrected chi connectivity index (χ4v) is 3.95. The highest BCUT2D eigenvalue weighted by atomic mass is 32.2. The van der Waals surface area contributed by atoms with Crippen molar-refractivity contribution in [3.63, 3.8) is 0 Å². The number of hydrogen-bond donors (Lipinski definition) is 2. The van der Waals surface area contributed by atoms with Gasteiger partial charge in [-0.3, -0.25) is 0 Å². The summed E-state index contributed by atoms with van der Waals surface area (Å²) in [6.07, 6.45) is 0. The molecule has 0 radical (unpaired) electrons. The average molecular weight is 301 g/mol. The monoisotopic (exact) mass is 301 g/mol. The Hall–Kier alpha value is -0.870. The van der Waals surface area contributed by atoms with Gasteiger partial charge in [0.1, 0.15) is 6.61 Å². The summed E-state index contributed by atoms with van der Waals surface area (Å²) in [4.78, 5) is 0.903. The number of nitrogens with one attached hydrogen (secondary N) is 1. The van der Waals surface area contributed by atoms with Crippen LogP contribution in [0.4, 0.5) is 0 Å². The Bertz CT molecular complexity index is 571. The maximum absolute atomic E-state index is 11.8. The Kier molecular flexibility index (Phi) is 5.56. The highest BCUT2D eigenvalue weighted by Crippen LogP contribution is 2.17. The number of aliphatic hydroxyl groups excluding tert-OH is 1. The Balaban J connectivity index is 2.60. The second-order valence-corrected chi connectivity index (χ2v) is 8.21. The van der Waals surface area contributed by atoms with Gasteiger partial charge in [-0.15, -0.1) is 11.3 Å². The maximum Gasteiger partial charge on any atom is 0.212 e. The predicted molar refractivity (Wildman–Crippen MR) is 78.4 cm³/mol. The molecule has 0 amide bonds. The Labute approximate surface area is 118 Å². The van der Waals surface area contributed by atoms with Gasteiger partial charge in [0.2, 0.25) is 10.0 Å². The molecule has 0 fully saturated rings. The summed E-state index contributed by atoms with van der Waals surface area (Å²) in [6.45, 7) is 5.77. The number of hydrogen-bond acceptors (Lipinski definition) is 4. The van der Waals surface area contributed by atoms with E-state index >= 15 is 0 Å². The fraction of sp³-hybridized carbons (Fsp3) is 0.538. The Morgan fingerprint density at radius 1 is 1.42 bits per heavy atom. The van der Waals surface area contributed by atoms with E-state index in [1.54, 1.807) is 0 Å². The van der Waals surface area contributed by atoms with Crippen LogP contribution in [0.1, 0.15) is 31.2 Å². The van der Waals surface area contributed by atoms with E-state index in [0.717, 1.165) is 10.4 Å².